The first-order valence-electron chi connectivity index (χ1n) is 7.23. The van der Waals surface area contributed by atoms with Crippen LogP contribution in [-0.4, -0.2) is 20.1 Å². The summed E-state index contributed by atoms with van der Waals surface area (Å²) in [5.41, 5.74) is 1.28. The molecule has 0 radical (unpaired) electrons. The first-order valence-corrected chi connectivity index (χ1v) is 8.72. The van der Waals surface area contributed by atoms with Crippen LogP contribution in [0.4, 0.5) is 0 Å². The monoisotopic (exact) mass is 297 g/mol. The Bertz CT molecular complexity index is 548. The molecule has 2 rings (SSSR count). The molecule has 0 heterocycles. The summed E-state index contributed by atoms with van der Waals surface area (Å²) in [7, 11) is -3.48. The lowest BCUT2D eigenvalue weighted by Crippen LogP contribution is -2.26. The molecular formula is C15H23NO3S. The highest BCUT2D eigenvalue weighted by Gasteiger charge is 2.19. The van der Waals surface area contributed by atoms with Crippen molar-refractivity contribution in [2.45, 2.75) is 50.5 Å². The molecule has 0 saturated heterocycles. The van der Waals surface area contributed by atoms with Gasteiger partial charge in [0.25, 0.3) is 0 Å². The van der Waals surface area contributed by atoms with Gasteiger partial charge in [-0.1, -0.05) is 37.8 Å². The van der Waals surface area contributed by atoms with Crippen molar-refractivity contribution in [3.05, 3.63) is 29.3 Å². The van der Waals surface area contributed by atoms with Crippen molar-refractivity contribution in [2.75, 3.05) is 6.54 Å². The van der Waals surface area contributed by atoms with Gasteiger partial charge in [-0.25, -0.2) is 13.1 Å². The molecule has 0 bridgehead atoms. The van der Waals surface area contributed by atoms with Gasteiger partial charge in [-0.2, -0.15) is 0 Å². The van der Waals surface area contributed by atoms with Crippen molar-refractivity contribution >= 4 is 10.0 Å². The van der Waals surface area contributed by atoms with E-state index in [1.54, 1.807) is 25.1 Å². The van der Waals surface area contributed by atoms with Crippen LogP contribution in [-0.2, 0) is 16.6 Å². The minimum Gasteiger partial charge on any atom is -0.392 e. The van der Waals surface area contributed by atoms with Gasteiger partial charge in [0.05, 0.1) is 11.5 Å². The van der Waals surface area contributed by atoms with E-state index in [0.717, 1.165) is 6.42 Å². The van der Waals surface area contributed by atoms with Gasteiger partial charge < -0.3 is 5.11 Å². The van der Waals surface area contributed by atoms with Crippen LogP contribution >= 0.6 is 0 Å². The maximum atomic E-state index is 12.3. The van der Waals surface area contributed by atoms with Crippen LogP contribution in [0.15, 0.2) is 23.1 Å². The summed E-state index contributed by atoms with van der Waals surface area (Å²) in [5.74, 6) is 0.669. The fourth-order valence-corrected chi connectivity index (χ4v) is 4.23. The fraction of sp³-hybridized carbons (Fsp3) is 0.600. The second-order valence-electron chi connectivity index (χ2n) is 5.54. The maximum absolute atomic E-state index is 12.3. The summed E-state index contributed by atoms with van der Waals surface area (Å²) in [6.07, 6.45) is 5.91. The summed E-state index contributed by atoms with van der Waals surface area (Å²) in [6, 6.07) is 5.00. The molecular weight excluding hydrogens is 274 g/mol. The molecule has 0 spiro atoms. The quantitative estimate of drug-likeness (QED) is 0.847. The largest absolute Gasteiger partial charge is 0.392 e. The Morgan fingerprint density at radius 1 is 1.30 bits per heavy atom. The van der Waals surface area contributed by atoms with Gasteiger partial charge in [0.15, 0.2) is 0 Å². The molecule has 0 unspecified atom stereocenters. The lowest BCUT2D eigenvalue weighted by molar-refractivity contribution is 0.280. The summed E-state index contributed by atoms with van der Waals surface area (Å²) in [6.45, 7) is 2.09. The standard InChI is InChI=1S/C15H23NO3S/c1-12-14(11-17)7-4-8-15(12)20(18,19)16-10-9-13-5-2-3-6-13/h4,7-8,13,16-17H,2-3,5-6,9-11H2,1H3. The molecule has 5 heteroatoms. The lowest BCUT2D eigenvalue weighted by Gasteiger charge is -2.13. The molecule has 20 heavy (non-hydrogen) atoms. The van der Waals surface area contributed by atoms with E-state index in [-0.39, 0.29) is 11.5 Å². The van der Waals surface area contributed by atoms with E-state index in [4.69, 9.17) is 0 Å². The molecule has 2 N–H and O–H groups in total. The third kappa shape index (κ3) is 3.59. The van der Waals surface area contributed by atoms with E-state index < -0.39 is 10.0 Å². The smallest absolute Gasteiger partial charge is 0.240 e. The summed E-state index contributed by atoms with van der Waals surface area (Å²) < 4.78 is 27.3. The van der Waals surface area contributed by atoms with Crippen LogP contribution < -0.4 is 4.72 Å². The van der Waals surface area contributed by atoms with Crippen molar-refractivity contribution in [1.82, 2.24) is 4.72 Å². The first-order chi connectivity index (χ1) is 9.54. The molecule has 1 fully saturated rings. The third-order valence-electron chi connectivity index (χ3n) is 4.18. The average Bonchev–Trinajstić information content (AvgIpc) is 2.91. The fourth-order valence-electron chi connectivity index (χ4n) is 2.90. The SMILES string of the molecule is Cc1c(CO)cccc1S(=O)(=O)NCCC1CCCC1. The van der Waals surface area contributed by atoms with Gasteiger partial charge >= 0.3 is 0 Å². The van der Waals surface area contributed by atoms with Gasteiger partial charge in [0, 0.05) is 6.54 Å². The van der Waals surface area contributed by atoms with Crippen molar-refractivity contribution in [2.24, 2.45) is 5.92 Å². The van der Waals surface area contributed by atoms with E-state index in [0.29, 0.717) is 23.6 Å². The van der Waals surface area contributed by atoms with Gasteiger partial charge in [-0.05, 0) is 36.5 Å². The number of aliphatic hydroxyl groups is 1. The summed E-state index contributed by atoms with van der Waals surface area (Å²) >= 11 is 0. The molecule has 1 aliphatic carbocycles. The molecule has 0 aliphatic heterocycles. The minimum atomic E-state index is -3.48. The van der Waals surface area contributed by atoms with Gasteiger partial charge in [0.2, 0.25) is 10.0 Å². The molecule has 112 valence electrons. The maximum Gasteiger partial charge on any atom is 0.240 e. The zero-order chi connectivity index (χ0) is 14.6. The van der Waals surface area contributed by atoms with Gasteiger partial charge in [0.1, 0.15) is 0 Å². The Kier molecular flexibility index (Phi) is 5.18. The summed E-state index contributed by atoms with van der Waals surface area (Å²) in [4.78, 5) is 0.274. The predicted molar refractivity (Wildman–Crippen MR) is 78.9 cm³/mol. The van der Waals surface area contributed by atoms with E-state index in [2.05, 4.69) is 4.72 Å². The highest BCUT2D eigenvalue weighted by Crippen LogP contribution is 2.27. The van der Waals surface area contributed by atoms with E-state index in [1.807, 2.05) is 0 Å². The molecule has 1 aromatic carbocycles. The Morgan fingerprint density at radius 3 is 2.65 bits per heavy atom. The number of nitrogens with one attached hydrogen (secondary N) is 1. The molecule has 1 saturated carbocycles. The van der Waals surface area contributed by atoms with E-state index in [1.165, 1.54) is 25.7 Å². The van der Waals surface area contributed by atoms with Gasteiger partial charge in [-0.3, -0.25) is 0 Å². The van der Waals surface area contributed by atoms with Crippen molar-refractivity contribution in [3.8, 4) is 0 Å². The van der Waals surface area contributed by atoms with Crippen LogP contribution in [0.25, 0.3) is 0 Å². The Morgan fingerprint density at radius 2 is 2.00 bits per heavy atom. The van der Waals surface area contributed by atoms with Crippen LogP contribution in [0.3, 0.4) is 0 Å². The second-order valence-corrected chi connectivity index (χ2v) is 7.27. The first kappa shape index (κ1) is 15.5. The molecule has 0 amide bonds. The number of aliphatic hydroxyl groups excluding tert-OH is 1. The Labute approximate surface area is 121 Å². The van der Waals surface area contributed by atoms with Crippen LogP contribution in [0.5, 0.6) is 0 Å². The van der Waals surface area contributed by atoms with Crippen LogP contribution in [0.1, 0.15) is 43.2 Å². The van der Waals surface area contributed by atoms with E-state index in [9.17, 15) is 13.5 Å². The lowest BCUT2D eigenvalue weighted by atomic mass is 10.1. The van der Waals surface area contributed by atoms with E-state index >= 15 is 0 Å². The number of sulfonamides is 1. The minimum absolute atomic E-state index is 0.142. The van der Waals surface area contributed by atoms with Crippen LogP contribution in [0.2, 0.25) is 0 Å². The van der Waals surface area contributed by atoms with Crippen molar-refractivity contribution in [3.63, 3.8) is 0 Å². The summed E-state index contributed by atoms with van der Waals surface area (Å²) in [5, 5.41) is 9.21. The highest BCUT2D eigenvalue weighted by molar-refractivity contribution is 7.89. The number of hydrogen-bond acceptors (Lipinski definition) is 3. The molecule has 0 aromatic heterocycles. The number of benzene rings is 1. The molecule has 1 aromatic rings. The molecule has 0 atom stereocenters. The topological polar surface area (TPSA) is 66.4 Å². The zero-order valence-electron chi connectivity index (χ0n) is 11.9. The van der Waals surface area contributed by atoms with Crippen molar-refractivity contribution < 1.29 is 13.5 Å². The van der Waals surface area contributed by atoms with Gasteiger partial charge in [-0.15, -0.1) is 0 Å². The second kappa shape index (κ2) is 6.70. The molecule has 4 nitrogen and oxygen atoms in total. The number of hydrogen-bond donors (Lipinski definition) is 2. The third-order valence-corrected chi connectivity index (χ3v) is 5.78. The van der Waals surface area contributed by atoms with Crippen molar-refractivity contribution in [1.29, 1.82) is 0 Å². The molecule has 1 aliphatic rings. The van der Waals surface area contributed by atoms with Crippen LogP contribution in [0, 0.1) is 12.8 Å². The predicted octanol–water partition coefficient (Wildman–Crippen LogP) is 2.35. The number of rotatable bonds is 6. The Hall–Kier alpha value is -0.910. The average molecular weight is 297 g/mol. The normalized spacial score (nSPS) is 16.7. The Balaban J connectivity index is 2.02. The highest BCUT2D eigenvalue weighted by atomic mass is 32.2. The zero-order valence-corrected chi connectivity index (χ0v) is 12.7.